The first-order valence-electron chi connectivity index (χ1n) is 6.35. The molecular weight excluding hydrogens is 248 g/mol. The number of quaternary nitrogens is 1. The van der Waals surface area contributed by atoms with Crippen molar-refractivity contribution >= 4 is 11.9 Å². The first kappa shape index (κ1) is 17.9. The fourth-order valence-electron chi connectivity index (χ4n) is 2.12. The number of likely N-dealkylation sites (N-methyl/N-ethyl adjacent to an activating group) is 1. The highest BCUT2D eigenvalue weighted by Gasteiger charge is 2.28. The summed E-state index contributed by atoms with van der Waals surface area (Å²) in [5, 5.41) is 2.93. The van der Waals surface area contributed by atoms with E-state index in [0.29, 0.717) is 12.8 Å². The lowest BCUT2D eigenvalue weighted by Gasteiger charge is -2.30. The minimum absolute atomic E-state index is 0.0593. The zero-order chi connectivity index (χ0) is 15.1. The summed E-state index contributed by atoms with van der Waals surface area (Å²) in [6.07, 6.45) is 0.856. The molecule has 0 bridgehead atoms. The third kappa shape index (κ3) is 7.79. The molecule has 0 aromatic heterocycles. The lowest BCUT2D eigenvalue weighted by atomic mass is 9.95. The Labute approximate surface area is 115 Å². The van der Waals surface area contributed by atoms with Crippen molar-refractivity contribution in [1.82, 2.24) is 5.32 Å². The Morgan fingerprint density at radius 1 is 1.16 bits per heavy atom. The van der Waals surface area contributed by atoms with Gasteiger partial charge in [0, 0.05) is 5.92 Å². The molecule has 1 N–H and O–H groups in total. The van der Waals surface area contributed by atoms with Crippen LogP contribution >= 0.6 is 0 Å². The van der Waals surface area contributed by atoms with Crippen molar-refractivity contribution in [1.29, 1.82) is 0 Å². The standard InChI is InChI=1S/C13H27N2O4/c1-14-11(13(17)19-6)7-10(8-12(16)18-5)9-15(2,3)4/h10-11,14H,7-9H2,1-6H3/q+1. The van der Waals surface area contributed by atoms with Gasteiger partial charge in [0.05, 0.1) is 48.3 Å². The topological polar surface area (TPSA) is 64.6 Å². The molecule has 0 aliphatic carbocycles. The van der Waals surface area contributed by atoms with Crippen LogP contribution in [-0.2, 0) is 19.1 Å². The van der Waals surface area contributed by atoms with E-state index in [1.54, 1.807) is 7.05 Å². The number of carbonyl (C=O) groups excluding carboxylic acids is 2. The van der Waals surface area contributed by atoms with Crippen molar-refractivity contribution in [2.45, 2.75) is 18.9 Å². The zero-order valence-corrected chi connectivity index (χ0v) is 12.9. The number of hydrogen-bond acceptors (Lipinski definition) is 5. The minimum atomic E-state index is -0.397. The summed E-state index contributed by atoms with van der Waals surface area (Å²) < 4.78 is 10.2. The maximum absolute atomic E-state index is 11.6. The Balaban J connectivity index is 4.72. The van der Waals surface area contributed by atoms with E-state index in [-0.39, 0.29) is 17.9 Å². The number of nitrogens with one attached hydrogen (secondary N) is 1. The lowest BCUT2D eigenvalue weighted by molar-refractivity contribution is -0.873. The van der Waals surface area contributed by atoms with E-state index in [2.05, 4.69) is 26.5 Å². The van der Waals surface area contributed by atoms with Crippen LogP contribution in [0, 0.1) is 5.92 Å². The molecule has 0 saturated heterocycles. The van der Waals surface area contributed by atoms with Crippen molar-refractivity contribution < 1.29 is 23.5 Å². The first-order chi connectivity index (χ1) is 8.73. The van der Waals surface area contributed by atoms with Crippen molar-refractivity contribution in [3.05, 3.63) is 0 Å². The van der Waals surface area contributed by atoms with Gasteiger partial charge in [0.15, 0.2) is 0 Å². The van der Waals surface area contributed by atoms with Crippen LogP contribution in [0.3, 0.4) is 0 Å². The van der Waals surface area contributed by atoms with E-state index >= 15 is 0 Å². The lowest BCUT2D eigenvalue weighted by Crippen LogP contribution is -2.44. The normalized spacial score (nSPS) is 14.6. The average Bonchev–Trinajstić information content (AvgIpc) is 2.32. The summed E-state index contributed by atoms with van der Waals surface area (Å²) in [4.78, 5) is 23.0. The molecule has 2 atom stereocenters. The summed E-state index contributed by atoms with van der Waals surface area (Å²) in [7, 11) is 10.6. The number of esters is 2. The van der Waals surface area contributed by atoms with Crippen LogP contribution in [0.5, 0.6) is 0 Å². The molecule has 112 valence electrons. The number of rotatable bonds is 8. The van der Waals surface area contributed by atoms with Crippen molar-refractivity contribution in [3.63, 3.8) is 0 Å². The van der Waals surface area contributed by atoms with E-state index in [9.17, 15) is 9.59 Å². The molecule has 0 radical (unpaired) electrons. The van der Waals surface area contributed by atoms with Gasteiger partial charge < -0.3 is 19.3 Å². The Morgan fingerprint density at radius 3 is 2.11 bits per heavy atom. The summed E-state index contributed by atoms with van der Waals surface area (Å²) in [5.74, 6) is -0.499. The van der Waals surface area contributed by atoms with Crippen molar-refractivity contribution in [3.8, 4) is 0 Å². The van der Waals surface area contributed by atoms with Gasteiger partial charge in [-0.15, -0.1) is 0 Å². The number of carbonyl (C=O) groups is 2. The second kappa shape index (κ2) is 8.12. The van der Waals surface area contributed by atoms with Gasteiger partial charge in [0.2, 0.25) is 0 Å². The highest BCUT2D eigenvalue weighted by Crippen LogP contribution is 2.16. The van der Waals surface area contributed by atoms with Gasteiger partial charge in [0.25, 0.3) is 0 Å². The van der Waals surface area contributed by atoms with Crippen LogP contribution < -0.4 is 5.32 Å². The van der Waals surface area contributed by atoms with E-state index in [0.717, 1.165) is 11.0 Å². The second-order valence-corrected chi connectivity index (χ2v) is 5.72. The molecule has 6 nitrogen and oxygen atoms in total. The third-order valence-corrected chi connectivity index (χ3v) is 2.89. The van der Waals surface area contributed by atoms with Gasteiger partial charge in [0.1, 0.15) is 6.04 Å². The summed E-state index contributed by atoms with van der Waals surface area (Å²) >= 11 is 0. The zero-order valence-electron chi connectivity index (χ0n) is 12.9. The molecule has 0 fully saturated rings. The maximum Gasteiger partial charge on any atom is 0.322 e. The Morgan fingerprint density at radius 2 is 1.74 bits per heavy atom. The Kier molecular flexibility index (Phi) is 7.63. The van der Waals surface area contributed by atoms with Crippen molar-refractivity contribution in [2.24, 2.45) is 5.92 Å². The quantitative estimate of drug-likeness (QED) is 0.500. The van der Waals surface area contributed by atoms with Gasteiger partial charge in [-0.05, 0) is 13.5 Å². The largest absolute Gasteiger partial charge is 0.469 e. The molecule has 19 heavy (non-hydrogen) atoms. The van der Waals surface area contributed by atoms with Crippen LogP contribution in [0.4, 0.5) is 0 Å². The minimum Gasteiger partial charge on any atom is -0.469 e. The van der Waals surface area contributed by atoms with Gasteiger partial charge in [-0.2, -0.15) is 0 Å². The monoisotopic (exact) mass is 275 g/mol. The van der Waals surface area contributed by atoms with E-state index in [1.807, 2.05) is 0 Å². The van der Waals surface area contributed by atoms with Gasteiger partial charge in [-0.1, -0.05) is 0 Å². The van der Waals surface area contributed by atoms with Crippen LogP contribution in [0.1, 0.15) is 12.8 Å². The van der Waals surface area contributed by atoms with Gasteiger partial charge in [-0.25, -0.2) is 0 Å². The van der Waals surface area contributed by atoms with Crippen LogP contribution in [0.15, 0.2) is 0 Å². The molecule has 0 saturated carbocycles. The highest BCUT2D eigenvalue weighted by molar-refractivity contribution is 5.75. The third-order valence-electron chi connectivity index (χ3n) is 2.89. The molecule has 6 heteroatoms. The summed E-state index contributed by atoms with van der Waals surface area (Å²) in [5.41, 5.74) is 0. The van der Waals surface area contributed by atoms with Gasteiger partial charge in [-0.3, -0.25) is 9.59 Å². The number of ether oxygens (including phenoxy) is 2. The fourth-order valence-corrected chi connectivity index (χ4v) is 2.12. The molecule has 0 heterocycles. The number of nitrogens with zero attached hydrogens (tertiary/aromatic N) is 1. The fraction of sp³-hybridized carbons (Fsp3) is 0.846. The molecule has 0 aliphatic heterocycles. The molecule has 0 amide bonds. The predicted octanol–water partition coefficient (Wildman–Crippen LogP) is 0.0230. The average molecular weight is 275 g/mol. The molecule has 0 spiro atoms. The highest BCUT2D eigenvalue weighted by atomic mass is 16.5. The predicted molar refractivity (Wildman–Crippen MR) is 72.5 cm³/mol. The van der Waals surface area contributed by atoms with Crippen LogP contribution in [-0.4, -0.2) is 71.4 Å². The maximum atomic E-state index is 11.6. The Bertz CT molecular complexity index is 300. The molecule has 0 aromatic carbocycles. The van der Waals surface area contributed by atoms with Gasteiger partial charge >= 0.3 is 11.9 Å². The number of hydrogen-bond donors (Lipinski definition) is 1. The van der Waals surface area contributed by atoms with E-state index < -0.39 is 6.04 Å². The van der Waals surface area contributed by atoms with E-state index in [1.165, 1.54) is 14.2 Å². The molecule has 0 aliphatic rings. The van der Waals surface area contributed by atoms with Crippen LogP contribution in [0.25, 0.3) is 0 Å². The second-order valence-electron chi connectivity index (χ2n) is 5.72. The molecule has 0 rings (SSSR count). The molecule has 0 aromatic rings. The SMILES string of the molecule is CNC(CC(CC(=O)OC)C[N+](C)(C)C)C(=O)OC. The van der Waals surface area contributed by atoms with Crippen molar-refractivity contribution in [2.75, 3.05) is 49.0 Å². The molecular formula is C13H27N2O4+. The number of methoxy groups -OCH3 is 2. The van der Waals surface area contributed by atoms with E-state index in [4.69, 9.17) is 9.47 Å². The molecule has 2 unspecified atom stereocenters. The first-order valence-corrected chi connectivity index (χ1v) is 6.35. The summed E-state index contributed by atoms with van der Waals surface area (Å²) in [6.45, 7) is 0.782. The van der Waals surface area contributed by atoms with Crippen LogP contribution in [0.2, 0.25) is 0 Å². The summed E-state index contributed by atoms with van der Waals surface area (Å²) in [6, 6.07) is -0.397. The Hall–Kier alpha value is -1.14. The smallest absolute Gasteiger partial charge is 0.322 e.